The predicted molar refractivity (Wildman–Crippen MR) is 47.9 cm³/mol. The zero-order valence-corrected chi connectivity index (χ0v) is 7.30. The van der Waals surface area contributed by atoms with E-state index in [0.717, 1.165) is 0 Å². The summed E-state index contributed by atoms with van der Waals surface area (Å²) in [6.07, 6.45) is 8.12. The monoisotopic (exact) mass is 149 g/mol. The molecule has 8 heavy (non-hydrogen) atoms. The summed E-state index contributed by atoms with van der Waals surface area (Å²) in [5.74, 6) is 1.29. The van der Waals surface area contributed by atoms with E-state index in [1.165, 1.54) is 5.90 Å². The van der Waals surface area contributed by atoms with Crippen molar-refractivity contribution >= 4 is 26.7 Å². The van der Waals surface area contributed by atoms with Gasteiger partial charge in [0.15, 0.2) is 0 Å². The van der Waals surface area contributed by atoms with Crippen LogP contribution in [0.1, 0.15) is 0 Å². The SMILES string of the molecule is C=P1(C)CP(=C)(C)N1. The Morgan fingerprint density at radius 3 is 1.50 bits per heavy atom. The summed E-state index contributed by atoms with van der Waals surface area (Å²) in [4.78, 5) is 3.46. The molecule has 2 unspecified atom stereocenters. The molecule has 0 spiro atoms. The van der Waals surface area contributed by atoms with Gasteiger partial charge in [0, 0.05) is 5.90 Å². The normalized spacial score (nSPS) is 55.2. The van der Waals surface area contributed by atoms with Gasteiger partial charge in [-0.2, -0.15) is 0 Å². The Hall–Kier alpha value is 0.560. The van der Waals surface area contributed by atoms with Gasteiger partial charge in [-0.1, -0.05) is 26.7 Å². The van der Waals surface area contributed by atoms with E-state index in [0.29, 0.717) is 0 Å². The van der Waals surface area contributed by atoms with Crippen molar-refractivity contribution < 1.29 is 0 Å². The summed E-state index contributed by atoms with van der Waals surface area (Å²) in [6.45, 7) is 4.44. The first-order valence-electron chi connectivity index (χ1n) is 2.61. The molecular formula is C5H13NP2. The van der Waals surface area contributed by atoms with E-state index < -0.39 is 14.1 Å². The lowest BCUT2D eigenvalue weighted by atomic mass is 11.8. The molecule has 0 bridgehead atoms. The number of rotatable bonds is 0. The lowest BCUT2D eigenvalue weighted by Gasteiger charge is -2.43. The van der Waals surface area contributed by atoms with Crippen molar-refractivity contribution in [3.8, 4) is 0 Å². The summed E-state index contributed by atoms with van der Waals surface area (Å²) in [6, 6.07) is 0. The van der Waals surface area contributed by atoms with Crippen LogP contribution in [-0.4, -0.2) is 31.8 Å². The van der Waals surface area contributed by atoms with Crippen molar-refractivity contribution in [2.45, 2.75) is 0 Å². The van der Waals surface area contributed by atoms with E-state index in [-0.39, 0.29) is 0 Å². The summed E-state index contributed by atoms with van der Waals surface area (Å²) in [7, 11) is -1.70. The first-order chi connectivity index (χ1) is 3.41. The second-order valence-corrected chi connectivity index (χ2v) is 10.5. The molecule has 1 aliphatic rings. The second-order valence-electron chi connectivity index (χ2n) is 3.03. The fourth-order valence-electron chi connectivity index (χ4n) is 1.26. The van der Waals surface area contributed by atoms with Crippen LogP contribution in [0.3, 0.4) is 0 Å². The van der Waals surface area contributed by atoms with Crippen LogP contribution in [0, 0.1) is 0 Å². The van der Waals surface area contributed by atoms with Crippen LogP contribution in [0.4, 0.5) is 0 Å². The van der Waals surface area contributed by atoms with Gasteiger partial charge in [0.2, 0.25) is 0 Å². The standard InChI is InChI=1S/C5H13NP2/c1-7(2)5-8(3,4)6-7/h6H,1,3,5H2,2,4H3. The molecule has 0 aromatic carbocycles. The van der Waals surface area contributed by atoms with Crippen molar-refractivity contribution in [1.29, 1.82) is 0 Å². The van der Waals surface area contributed by atoms with Crippen LogP contribution in [-0.2, 0) is 0 Å². The fraction of sp³-hybridized carbons (Fsp3) is 0.600. The van der Waals surface area contributed by atoms with Crippen molar-refractivity contribution in [3.05, 3.63) is 0 Å². The second kappa shape index (κ2) is 1.53. The predicted octanol–water partition coefficient (Wildman–Crippen LogP) is 1.54. The molecule has 1 saturated heterocycles. The van der Waals surface area contributed by atoms with Crippen molar-refractivity contribution in [2.75, 3.05) is 19.2 Å². The van der Waals surface area contributed by atoms with E-state index in [4.69, 9.17) is 0 Å². The van der Waals surface area contributed by atoms with Crippen LogP contribution in [0.25, 0.3) is 0 Å². The van der Waals surface area contributed by atoms with Gasteiger partial charge >= 0.3 is 0 Å². The molecule has 1 rings (SSSR count). The number of hydrogen-bond donors (Lipinski definition) is 1. The van der Waals surface area contributed by atoms with Crippen molar-refractivity contribution in [3.63, 3.8) is 0 Å². The molecule has 1 heterocycles. The lowest BCUT2D eigenvalue weighted by Crippen LogP contribution is -2.21. The highest BCUT2D eigenvalue weighted by Gasteiger charge is 2.27. The minimum atomic E-state index is -0.851. The molecule has 0 saturated carbocycles. The quantitative estimate of drug-likeness (QED) is 0.515. The molecule has 0 radical (unpaired) electrons. The zero-order valence-electron chi connectivity index (χ0n) is 5.52. The highest BCUT2D eigenvalue weighted by Crippen LogP contribution is 2.67. The molecule has 1 aliphatic heterocycles. The Kier molecular flexibility index (Phi) is 1.28. The molecule has 1 nitrogen and oxygen atoms in total. The van der Waals surface area contributed by atoms with E-state index in [2.05, 4.69) is 30.8 Å². The Balaban J connectivity index is 2.68. The minimum Gasteiger partial charge on any atom is -0.277 e. The van der Waals surface area contributed by atoms with Gasteiger partial charge < -0.3 is 0 Å². The Morgan fingerprint density at radius 1 is 1.25 bits per heavy atom. The van der Waals surface area contributed by atoms with Gasteiger partial charge in [-0.25, -0.2) is 0 Å². The van der Waals surface area contributed by atoms with Gasteiger partial charge in [0.05, 0.1) is 0 Å². The van der Waals surface area contributed by atoms with Crippen molar-refractivity contribution in [2.24, 2.45) is 0 Å². The Bertz CT molecular complexity index is 161. The first kappa shape index (κ1) is 6.68. The van der Waals surface area contributed by atoms with Gasteiger partial charge in [-0.05, 0) is 13.3 Å². The molecule has 3 heteroatoms. The molecule has 0 aromatic heterocycles. The van der Waals surface area contributed by atoms with Gasteiger partial charge in [0.25, 0.3) is 0 Å². The highest BCUT2D eigenvalue weighted by atomic mass is 31.3. The van der Waals surface area contributed by atoms with E-state index in [1.807, 2.05) is 0 Å². The first-order valence-corrected chi connectivity index (χ1v) is 7.82. The maximum atomic E-state index is 4.06. The molecule has 1 N–H and O–H groups in total. The van der Waals surface area contributed by atoms with Crippen LogP contribution in [0.2, 0.25) is 0 Å². The van der Waals surface area contributed by atoms with Crippen LogP contribution in [0.15, 0.2) is 0 Å². The van der Waals surface area contributed by atoms with Gasteiger partial charge in [-0.15, -0.1) is 0 Å². The number of nitrogens with one attached hydrogen (secondary N) is 1. The smallest absolute Gasteiger partial charge is 0.0108 e. The molecule has 0 aromatic rings. The van der Waals surface area contributed by atoms with Gasteiger partial charge in [-0.3, -0.25) is 4.86 Å². The third-order valence-corrected chi connectivity index (χ3v) is 9.96. The maximum absolute atomic E-state index is 4.06. The third-order valence-electron chi connectivity index (χ3n) is 1.11. The summed E-state index contributed by atoms with van der Waals surface area (Å²) >= 11 is 0. The molecule has 1 fully saturated rings. The minimum absolute atomic E-state index is 0.851. The topological polar surface area (TPSA) is 12.0 Å². The van der Waals surface area contributed by atoms with Crippen LogP contribution >= 0.6 is 14.1 Å². The largest absolute Gasteiger partial charge is 0.277 e. The number of hydrogen-bond acceptors (Lipinski definition) is 1. The summed E-state index contributed by atoms with van der Waals surface area (Å²) in [5, 5.41) is 0. The van der Waals surface area contributed by atoms with E-state index >= 15 is 0 Å². The van der Waals surface area contributed by atoms with E-state index in [9.17, 15) is 0 Å². The molecule has 0 amide bonds. The Labute approximate surface area is 51.5 Å². The third kappa shape index (κ3) is 1.29. The average molecular weight is 149 g/mol. The molecule has 48 valence electrons. The van der Waals surface area contributed by atoms with Crippen LogP contribution in [0.5, 0.6) is 0 Å². The Morgan fingerprint density at radius 2 is 1.50 bits per heavy atom. The molecular weight excluding hydrogens is 136 g/mol. The molecule has 0 aliphatic carbocycles. The van der Waals surface area contributed by atoms with E-state index in [1.54, 1.807) is 0 Å². The molecule has 2 atom stereocenters. The van der Waals surface area contributed by atoms with Crippen LogP contribution < -0.4 is 4.86 Å². The lowest BCUT2D eigenvalue weighted by molar-refractivity contribution is 1.49. The van der Waals surface area contributed by atoms with Gasteiger partial charge in [0.1, 0.15) is 0 Å². The summed E-state index contributed by atoms with van der Waals surface area (Å²) in [5.41, 5.74) is 0. The zero-order chi connectivity index (χ0) is 6.41. The highest BCUT2D eigenvalue weighted by molar-refractivity contribution is 8.00. The summed E-state index contributed by atoms with van der Waals surface area (Å²) < 4.78 is 0. The maximum Gasteiger partial charge on any atom is 0.0108 e. The fourth-order valence-corrected chi connectivity index (χ4v) is 11.3. The average Bonchev–Trinajstić information content (AvgIpc) is 1.20. The van der Waals surface area contributed by atoms with Crippen molar-refractivity contribution in [1.82, 2.24) is 4.86 Å².